The van der Waals surface area contributed by atoms with Crippen LogP contribution in [0.4, 0.5) is 24.5 Å². The topological polar surface area (TPSA) is 150 Å². The minimum Gasteiger partial charge on any atom is -0.477 e. The Balaban J connectivity index is 0.000000251. The molecule has 0 spiro atoms. The van der Waals surface area contributed by atoms with E-state index in [0.29, 0.717) is 46.7 Å². The van der Waals surface area contributed by atoms with Crippen LogP contribution in [0.5, 0.6) is 29.0 Å². The van der Waals surface area contributed by atoms with Crippen LogP contribution in [0.25, 0.3) is 0 Å². The first-order valence-electron chi connectivity index (χ1n) is 17.6. The van der Waals surface area contributed by atoms with Crippen molar-refractivity contribution in [1.29, 1.82) is 0 Å². The molecule has 1 atom stereocenters. The molecule has 1 fully saturated rings. The second kappa shape index (κ2) is 19.2. The van der Waals surface area contributed by atoms with Crippen LogP contribution in [-0.4, -0.2) is 65.8 Å². The average Bonchev–Trinajstić information content (AvgIpc) is 3.62. The van der Waals surface area contributed by atoms with Crippen molar-refractivity contribution in [2.24, 2.45) is 0 Å². The molecule has 4 aromatic rings. The number of carbonyl (C=O) groups is 2. The molecule has 2 aromatic heterocycles. The van der Waals surface area contributed by atoms with Gasteiger partial charge in [0, 0.05) is 40.1 Å². The van der Waals surface area contributed by atoms with Gasteiger partial charge in [0.2, 0.25) is 11.8 Å². The maximum absolute atomic E-state index is 12.8. The van der Waals surface area contributed by atoms with Gasteiger partial charge in [0.05, 0.1) is 31.1 Å². The van der Waals surface area contributed by atoms with E-state index in [4.69, 9.17) is 42.1 Å². The number of anilines is 2. The zero-order valence-electron chi connectivity index (χ0n) is 31.8. The van der Waals surface area contributed by atoms with E-state index in [9.17, 15) is 27.9 Å². The molecule has 302 valence electrons. The number of hydrogen-bond acceptors (Lipinski definition) is 11. The molecule has 1 saturated heterocycles. The van der Waals surface area contributed by atoms with Crippen molar-refractivity contribution in [2.45, 2.75) is 79.3 Å². The van der Waals surface area contributed by atoms with Crippen molar-refractivity contribution in [1.82, 2.24) is 9.97 Å². The summed E-state index contributed by atoms with van der Waals surface area (Å²) in [6, 6.07) is 10.5. The van der Waals surface area contributed by atoms with E-state index in [2.05, 4.69) is 25.3 Å². The molecule has 0 amide bonds. The van der Waals surface area contributed by atoms with Gasteiger partial charge in [-0.05, 0) is 94.5 Å². The van der Waals surface area contributed by atoms with Gasteiger partial charge in [-0.2, -0.15) is 0 Å². The average molecular weight is 824 g/mol. The number of ether oxygens (including phenoxy) is 5. The number of benzene rings is 2. The molecule has 1 aliphatic heterocycles. The number of nitrogens with zero attached hydrogens (tertiary/aromatic N) is 2. The Labute approximate surface area is 332 Å². The van der Waals surface area contributed by atoms with E-state index >= 15 is 0 Å². The Morgan fingerprint density at radius 3 is 2.04 bits per heavy atom. The van der Waals surface area contributed by atoms with Crippen molar-refractivity contribution in [2.75, 3.05) is 31.0 Å². The number of halogens is 5. The number of aromatic nitrogens is 2. The van der Waals surface area contributed by atoms with Gasteiger partial charge in [-0.3, -0.25) is 0 Å². The standard InChI is InChI=1S/C20H22ClF3N2O4.C19H21ClN2O4/c1-5-13(6-2)26-14-9-11(3)25-18(17(14)19(27)28-4)29-15-8-7-12(21)10-16(15)30-20(22,23)24;1-10-6-13(20)7-11(2)17(10)26-18-16(19(23)24)15(8-12(3)21-18)22-14-4-5-25-9-14/h7-10,13H,5-6H2,1-4H3,(H,25,26);6-8,14H,4-5,9H2,1-3H3,(H,21,22)(H,23,24). The zero-order chi connectivity index (χ0) is 41.3. The quantitative estimate of drug-likeness (QED) is 0.110. The molecule has 56 heavy (non-hydrogen) atoms. The SMILES string of the molecule is CCC(CC)Nc1cc(C)nc(Oc2ccc(Cl)cc2OC(F)(F)F)c1C(=O)OC.Cc1cc(NC2CCOC2)c(C(=O)O)c(Oc2c(C)cc(Cl)cc2C)n1. The third-order valence-electron chi connectivity index (χ3n) is 8.43. The molecule has 1 unspecified atom stereocenters. The maximum atomic E-state index is 12.8. The number of hydrogen-bond donors (Lipinski definition) is 3. The summed E-state index contributed by atoms with van der Waals surface area (Å²) < 4.78 is 64.1. The molecule has 3 N–H and O–H groups in total. The minimum absolute atomic E-state index is 0.0104. The largest absolute Gasteiger partial charge is 0.573 e. The third-order valence-corrected chi connectivity index (χ3v) is 8.88. The van der Waals surface area contributed by atoms with Crippen molar-refractivity contribution in [3.05, 3.63) is 86.2 Å². The lowest BCUT2D eigenvalue weighted by molar-refractivity contribution is -0.275. The van der Waals surface area contributed by atoms with E-state index < -0.39 is 24.1 Å². The van der Waals surface area contributed by atoms with Gasteiger partial charge in [-0.1, -0.05) is 37.0 Å². The van der Waals surface area contributed by atoms with Gasteiger partial charge >= 0.3 is 18.3 Å². The minimum atomic E-state index is -4.96. The lowest BCUT2D eigenvalue weighted by atomic mass is 10.1. The van der Waals surface area contributed by atoms with Gasteiger partial charge in [0.15, 0.2) is 11.5 Å². The normalized spacial score (nSPS) is 13.8. The highest BCUT2D eigenvalue weighted by Crippen LogP contribution is 2.40. The van der Waals surface area contributed by atoms with Gasteiger partial charge in [-0.15, -0.1) is 13.2 Å². The number of esters is 1. The number of alkyl halides is 3. The van der Waals surface area contributed by atoms with E-state index in [-0.39, 0.29) is 45.7 Å². The van der Waals surface area contributed by atoms with Crippen LogP contribution >= 0.6 is 23.2 Å². The molecule has 5 rings (SSSR count). The predicted octanol–water partition coefficient (Wildman–Crippen LogP) is 10.5. The Kier molecular flexibility index (Phi) is 15.0. The third kappa shape index (κ3) is 11.8. The van der Waals surface area contributed by atoms with Gasteiger partial charge < -0.3 is 39.4 Å². The number of carbonyl (C=O) groups excluding carboxylic acids is 1. The van der Waals surface area contributed by atoms with Crippen LogP contribution in [0.3, 0.4) is 0 Å². The Hall–Kier alpha value is -4.99. The number of nitrogens with one attached hydrogen (secondary N) is 2. The molecule has 0 bridgehead atoms. The van der Waals surface area contributed by atoms with E-state index in [1.54, 1.807) is 38.1 Å². The molecule has 2 aromatic carbocycles. The molecule has 0 saturated carbocycles. The summed E-state index contributed by atoms with van der Waals surface area (Å²) >= 11 is 11.9. The highest BCUT2D eigenvalue weighted by Gasteiger charge is 2.33. The molecule has 1 aliphatic rings. The first-order valence-corrected chi connectivity index (χ1v) is 18.3. The van der Waals surface area contributed by atoms with Crippen LogP contribution in [0, 0.1) is 27.7 Å². The second-order valence-corrected chi connectivity index (χ2v) is 13.7. The van der Waals surface area contributed by atoms with Crippen molar-refractivity contribution in [3.8, 4) is 29.0 Å². The maximum Gasteiger partial charge on any atom is 0.573 e. The molecule has 3 heterocycles. The molecular formula is C39H43Cl2F3N4O8. The first-order chi connectivity index (χ1) is 26.4. The van der Waals surface area contributed by atoms with Crippen molar-refractivity contribution < 1.29 is 51.6 Å². The van der Waals surface area contributed by atoms with E-state index in [1.807, 2.05) is 27.7 Å². The summed E-state index contributed by atoms with van der Waals surface area (Å²) in [6.45, 7) is 12.4. The van der Waals surface area contributed by atoms with Crippen molar-refractivity contribution in [3.63, 3.8) is 0 Å². The highest BCUT2D eigenvalue weighted by atomic mass is 35.5. The second-order valence-electron chi connectivity index (χ2n) is 12.9. The van der Waals surface area contributed by atoms with Crippen LogP contribution in [0.1, 0.15) is 76.3 Å². The van der Waals surface area contributed by atoms with Crippen LogP contribution in [0.15, 0.2) is 42.5 Å². The summed E-state index contributed by atoms with van der Waals surface area (Å²) in [5.74, 6) is -2.42. The Morgan fingerprint density at radius 2 is 1.50 bits per heavy atom. The lowest BCUT2D eigenvalue weighted by Crippen LogP contribution is -2.21. The summed E-state index contributed by atoms with van der Waals surface area (Å²) in [4.78, 5) is 32.9. The number of pyridine rings is 2. The first kappa shape index (κ1) is 43.7. The van der Waals surface area contributed by atoms with Gasteiger partial charge in [-0.25, -0.2) is 19.6 Å². The van der Waals surface area contributed by atoms with Crippen LogP contribution in [0.2, 0.25) is 10.0 Å². The molecular weight excluding hydrogens is 780 g/mol. The van der Waals surface area contributed by atoms with E-state index in [0.717, 1.165) is 36.5 Å². The number of aromatic carboxylic acids is 1. The van der Waals surface area contributed by atoms with Gasteiger partial charge in [0.25, 0.3) is 0 Å². The number of rotatable bonds is 13. The predicted molar refractivity (Wildman–Crippen MR) is 206 cm³/mol. The molecule has 0 radical (unpaired) electrons. The lowest BCUT2D eigenvalue weighted by Gasteiger charge is -2.21. The zero-order valence-corrected chi connectivity index (χ0v) is 33.3. The monoisotopic (exact) mass is 822 g/mol. The number of carboxylic acids is 1. The number of aryl methyl sites for hydroxylation is 4. The smallest absolute Gasteiger partial charge is 0.477 e. The fourth-order valence-electron chi connectivity index (χ4n) is 5.78. The summed E-state index contributed by atoms with van der Waals surface area (Å²) in [5, 5.41) is 16.9. The number of carboxylic acid groups (broad SMARTS) is 1. The number of methoxy groups -OCH3 is 1. The molecule has 12 nitrogen and oxygen atoms in total. The fraction of sp³-hybridized carbons (Fsp3) is 0.385. The highest BCUT2D eigenvalue weighted by molar-refractivity contribution is 6.31. The van der Waals surface area contributed by atoms with E-state index in [1.165, 1.54) is 19.2 Å². The summed E-state index contributed by atoms with van der Waals surface area (Å²) in [7, 11) is 1.19. The summed E-state index contributed by atoms with van der Waals surface area (Å²) in [6.07, 6.45) is -2.56. The summed E-state index contributed by atoms with van der Waals surface area (Å²) in [5.41, 5.74) is 3.64. The van der Waals surface area contributed by atoms with Crippen LogP contribution in [-0.2, 0) is 9.47 Å². The Bertz CT molecular complexity index is 2020. The molecule has 17 heteroatoms. The van der Waals surface area contributed by atoms with Crippen LogP contribution < -0.4 is 24.8 Å². The molecule has 0 aliphatic carbocycles. The van der Waals surface area contributed by atoms with Gasteiger partial charge in [0.1, 0.15) is 16.9 Å². The Morgan fingerprint density at radius 1 is 0.893 bits per heavy atom. The van der Waals surface area contributed by atoms with Crippen molar-refractivity contribution >= 4 is 46.5 Å². The fourth-order valence-corrected chi connectivity index (χ4v) is 6.27.